The molecule has 3 N–H and O–H groups in total. The maximum atomic E-state index is 11.8. The van der Waals surface area contributed by atoms with Crippen molar-refractivity contribution in [2.75, 3.05) is 6.54 Å². The van der Waals surface area contributed by atoms with Crippen LogP contribution in [-0.2, 0) is 14.4 Å². The minimum atomic E-state index is -1.06. The summed E-state index contributed by atoms with van der Waals surface area (Å²) in [7, 11) is 0. The Labute approximate surface area is 127 Å². The molecule has 116 valence electrons. The Morgan fingerprint density at radius 2 is 2.05 bits per heavy atom. The number of hydrogen-bond acceptors (Lipinski definition) is 4. The summed E-state index contributed by atoms with van der Waals surface area (Å²) in [6.07, 6.45) is 2.57. The van der Waals surface area contributed by atoms with Gasteiger partial charge in [-0.05, 0) is 24.3 Å². The van der Waals surface area contributed by atoms with Crippen molar-refractivity contribution in [2.24, 2.45) is 0 Å². The number of nitrogens with one attached hydrogen (secondary N) is 2. The van der Waals surface area contributed by atoms with E-state index in [0.29, 0.717) is 17.8 Å². The van der Waals surface area contributed by atoms with Crippen LogP contribution in [0.2, 0.25) is 0 Å². The van der Waals surface area contributed by atoms with Gasteiger partial charge in [-0.2, -0.15) is 0 Å². The first-order valence-corrected chi connectivity index (χ1v) is 7.68. The molecule has 7 heteroatoms. The second-order valence-corrected chi connectivity index (χ2v) is 5.63. The molecule has 0 aliphatic heterocycles. The van der Waals surface area contributed by atoms with E-state index in [1.165, 1.54) is 18.3 Å². The smallest absolute Gasteiger partial charge is 0.331 e. The largest absolute Gasteiger partial charge is 0.479 e. The topological polar surface area (TPSA) is 95.5 Å². The van der Waals surface area contributed by atoms with Gasteiger partial charge in [0.1, 0.15) is 0 Å². The van der Waals surface area contributed by atoms with E-state index in [9.17, 15) is 14.4 Å². The molecule has 0 saturated carbocycles. The number of amides is 2. The van der Waals surface area contributed by atoms with Crippen molar-refractivity contribution in [1.82, 2.24) is 10.6 Å². The quantitative estimate of drug-likeness (QED) is 0.605. The van der Waals surface area contributed by atoms with Crippen LogP contribution in [0.3, 0.4) is 0 Å². The Morgan fingerprint density at radius 1 is 1.29 bits per heavy atom. The number of carbonyl (C=O) groups is 3. The molecule has 0 saturated heterocycles. The summed E-state index contributed by atoms with van der Waals surface area (Å²) in [5.41, 5.74) is 0. The van der Waals surface area contributed by atoms with E-state index in [1.807, 2.05) is 0 Å². The van der Waals surface area contributed by atoms with Crippen LogP contribution >= 0.6 is 11.3 Å². The van der Waals surface area contributed by atoms with Crippen molar-refractivity contribution >= 4 is 29.1 Å². The van der Waals surface area contributed by atoms with E-state index in [4.69, 9.17) is 5.11 Å². The van der Waals surface area contributed by atoms with Crippen LogP contribution in [0.25, 0.3) is 0 Å². The molecular formula is C14H20N2O4S. The molecule has 1 rings (SSSR count). The summed E-state index contributed by atoms with van der Waals surface area (Å²) in [5.74, 6) is -1.39. The standard InChI is InChI=1S/C14H20N2O4S/c1-10(17)15-8-4-2-3-7-12(18)16-13(14(19)20)11-6-5-9-21-11/h5-6,9,13H,2-4,7-8H2,1H3,(H,15,17)(H,16,18)(H,19,20). The van der Waals surface area contributed by atoms with Gasteiger partial charge in [-0.15, -0.1) is 11.3 Å². The normalized spacial score (nSPS) is 11.7. The van der Waals surface area contributed by atoms with Crippen LogP contribution in [-0.4, -0.2) is 29.4 Å². The second-order valence-electron chi connectivity index (χ2n) is 4.65. The van der Waals surface area contributed by atoms with Gasteiger partial charge in [0.15, 0.2) is 6.04 Å². The lowest BCUT2D eigenvalue weighted by molar-refractivity contribution is -0.142. The van der Waals surface area contributed by atoms with E-state index < -0.39 is 12.0 Å². The first-order valence-electron chi connectivity index (χ1n) is 6.80. The van der Waals surface area contributed by atoms with Gasteiger partial charge in [-0.3, -0.25) is 9.59 Å². The highest BCUT2D eigenvalue weighted by Gasteiger charge is 2.22. The third kappa shape index (κ3) is 6.89. The maximum absolute atomic E-state index is 11.8. The molecule has 0 radical (unpaired) electrons. The van der Waals surface area contributed by atoms with Gasteiger partial charge in [0, 0.05) is 24.8 Å². The van der Waals surface area contributed by atoms with E-state index in [-0.39, 0.29) is 18.2 Å². The molecule has 0 aromatic carbocycles. The van der Waals surface area contributed by atoms with Crippen LogP contribution in [0, 0.1) is 0 Å². The fraction of sp³-hybridized carbons (Fsp3) is 0.500. The average Bonchev–Trinajstić information content (AvgIpc) is 2.93. The van der Waals surface area contributed by atoms with Crippen molar-refractivity contribution in [3.63, 3.8) is 0 Å². The molecular weight excluding hydrogens is 292 g/mol. The van der Waals surface area contributed by atoms with Crippen LogP contribution < -0.4 is 10.6 Å². The molecule has 0 bridgehead atoms. The zero-order valence-electron chi connectivity index (χ0n) is 11.9. The van der Waals surface area contributed by atoms with E-state index in [1.54, 1.807) is 17.5 Å². The monoisotopic (exact) mass is 312 g/mol. The van der Waals surface area contributed by atoms with E-state index in [2.05, 4.69) is 10.6 Å². The van der Waals surface area contributed by atoms with Gasteiger partial charge in [0.05, 0.1) is 0 Å². The lowest BCUT2D eigenvalue weighted by Gasteiger charge is -2.12. The molecule has 1 unspecified atom stereocenters. The molecule has 0 spiro atoms. The molecule has 6 nitrogen and oxygen atoms in total. The lowest BCUT2D eigenvalue weighted by Crippen LogP contribution is -2.33. The fourth-order valence-corrected chi connectivity index (χ4v) is 2.56. The zero-order valence-corrected chi connectivity index (χ0v) is 12.7. The van der Waals surface area contributed by atoms with Crippen molar-refractivity contribution in [1.29, 1.82) is 0 Å². The Kier molecular flexibility index (Phi) is 7.45. The predicted molar refractivity (Wildman–Crippen MR) is 80.0 cm³/mol. The summed E-state index contributed by atoms with van der Waals surface area (Å²) in [4.78, 5) is 34.2. The highest BCUT2D eigenvalue weighted by atomic mass is 32.1. The molecule has 1 aromatic heterocycles. The van der Waals surface area contributed by atoms with Crippen molar-refractivity contribution < 1.29 is 19.5 Å². The number of carbonyl (C=O) groups excluding carboxylic acids is 2. The fourth-order valence-electron chi connectivity index (χ4n) is 1.79. The number of carboxylic acid groups (broad SMARTS) is 1. The molecule has 2 amide bonds. The summed E-state index contributed by atoms with van der Waals surface area (Å²) >= 11 is 1.30. The molecule has 21 heavy (non-hydrogen) atoms. The lowest BCUT2D eigenvalue weighted by atomic mass is 10.1. The molecule has 1 heterocycles. The van der Waals surface area contributed by atoms with Gasteiger partial charge >= 0.3 is 5.97 Å². The number of hydrogen-bond donors (Lipinski definition) is 3. The van der Waals surface area contributed by atoms with Crippen LogP contribution in [0.5, 0.6) is 0 Å². The Morgan fingerprint density at radius 3 is 2.62 bits per heavy atom. The second kappa shape index (κ2) is 9.12. The summed E-state index contributed by atoms with van der Waals surface area (Å²) in [6.45, 7) is 2.06. The Bertz CT molecular complexity index is 473. The number of unbranched alkanes of at least 4 members (excludes halogenated alkanes) is 2. The van der Waals surface area contributed by atoms with Crippen LogP contribution in [0.15, 0.2) is 17.5 Å². The van der Waals surface area contributed by atoms with Gasteiger partial charge in [0.25, 0.3) is 0 Å². The summed E-state index contributed by atoms with van der Waals surface area (Å²) in [6, 6.07) is 2.47. The van der Waals surface area contributed by atoms with Crippen molar-refractivity contribution in [2.45, 2.75) is 38.6 Å². The SMILES string of the molecule is CC(=O)NCCCCCC(=O)NC(C(=O)O)c1cccs1. The first kappa shape index (κ1) is 17.2. The molecule has 1 aromatic rings. The third-order valence-corrected chi connectivity index (χ3v) is 3.77. The van der Waals surface area contributed by atoms with Crippen LogP contribution in [0.1, 0.15) is 43.5 Å². The highest BCUT2D eigenvalue weighted by Crippen LogP contribution is 2.19. The number of thiophene rings is 1. The first-order chi connectivity index (χ1) is 10.0. The van der Waals surface area contributed by atoms with E-state index >= 15 is 0 Å². The van der Waals surface area contributed by atoms with Gasteiger partial charge in [-0.25, -0.2) is 4.79 Å². The number of aliphatic carboxylic acids is 1. The Hall–Kier alpha value is -1.89. The number of carboxylic acids is 1. The zero-order chi connectivity index (χ0) is 15.7. The van der Waals surface area contributed by atoms with Gasteiger partial charge < -0.3 is 15.7 Å². The molecule has 0 fully saturated rings. The third-order valence-electron chi connectivity index (χ3n) is 2.83. The van der Waals surface area contributed by atoms with Crippen molar-refractivity contribution in [3.8, 4) is 0 Å². The highest BCUT2D eigenvalue weighted by molar-refractivity contribution is 7.10. The molecule has 1 atom stereocenters. The Balaban J connectivity index is 2.26. The summed E-state index contributed by atoms with van der Waals surface area (Å²) in [5, 5.41) is 16.1. The summed E-state index contributed by atoms with van der Waals surface area (Å²) < 4.78 is 0. The number of rotatable bonds is 9. The van der Waals surface area contributed by atoms with Crippen LogP contribution in [0.4, 0.5) is 0 Å². The average molecular weight is 312 g/mol. The minimum absolute atomic E-state index is 0.0620. The minimum Gasteiger partial charge on any atom is -0.479 e. The maximum Gasteiger partial charge on any atom is 0.331 e. The van der Waals surface area contributed by atoms with Crippen molar-refractivity contribution in [3.05, 3.63) is 22.4 Å². The van der Waals surface area contributed by atoms with Gasteiger partial charge in [-0.1, -0.05) is 12.5 Å². The molecule has 0 aliphatic carbocycles. The predicted octanol–water partition coefficient (Wildman–Crippen LogP) is 1.69. The van der Waals surface area contributed by atoms with E-state index in [0.717, 1.165) is 12.8 Å². The van der Waals surface area contributed by atoms with Gasteiger partial charge in [0.2, 0.25) is 11.8 Å². The molecule has 0 aliphatic rings.